The van der Waals surface area contributed by atoms with Crippen LogP contribution >= 0.6 is 46.1 Å². The van der Waals surface area contributed by atoms with E-state index in [1.54, 1.807) is 24.6 Å². The molecule has 18 heavy (non-hydrogen) atoms. The Balaban J connectivity index is 2.58. The molecule has 4 nitrogen and oxygen atoms in total. The lowest BCUT2D eigenvalue weighted by Crippen LogP contribution is -2.97. The van der Waals surface area contributed by atoms with Gasteiger partial charge < -0.3 is 10.1 Å². The maximum Gasteiger partial charge on any atom is 0.265 e. The summed E-state index contributed by atoms with van der Waals surface area (Å²) in [7, 11) is 1.59. The van der Waals surface area contributed by atoms with Gasteiger partial charge >= 0.3 is 0 Å². The fraction of sp³-hybridized carbons (Fsp3) is 0.500. The smallest absolute Gasteiger partial charge is 0.265 e. The van der Waals surface area contributed by atoms with E-state index < -0.39 is 9.96 Å². The van der Waals surface area contributed by atoms with Gasteiger partial charge in [-0.15, -0.1) is 11.3 Å². The lowest BCUT2D eigenvalue weighted by molar-refractivity contribution is -0.692. The molecule has 1 heterocycles. The number of thiophene rings is 1. The SMILES string of the molecule is COCC[NH2+][C@@H](NC(=O)c1cccs1)C(Cl)(Cl)Cl. The molecule has 0 fully saturated rings. The molecule has 0 saturated carbocycles. The second-order valence-corrected chi connectivity index (χ2v) is 6.80. The number of nitrogens with two attached hydrogens (primary N) is 1. The Morgan fingerprint density at radius 3 is 2.83 bits per heavy atom. The topological polar surface area (TPSA) is 54.9 Å². The Kier molecular flexibility index (Phi) is 6.70. The normalized spacial score (nSPS) is 13.3. The van der Waals surface area contributed by atoms with Crippen molar-refractivity contribution in [2.24, 2.45) is 0 Å². The van der Waals surface area contributed by atoms with E-state index in [1.807, 2.05) is 5.38 Å². The summed E-state index contributed by atoms with van der Waals surface area (Å²) in [5.74, 6) is -0.255. The second kappa shape index (κ2) is 7.53. The molecule has 1 rings (SSSR count). The number of alkyl halides is 3. The standard InChI is InChI=1S/C10H13Cl3N2O2S/c1-17-5-4-14-9(10(11,12)13)15-8(16)7-3-2-6-18-7/h2-3,6,9,14H,4-5H2,1H3,(H,15,16)/p+1/t9-/m0/s1. The maximum absolute atomic E-state index is 11.9. The number of carbonyl (C=O) groups is 1. The highest BCUT2D eigenvalue weighted by molar-refractivity contribution is 7.12. The summed E-state index contributed by atoms with van der Waals surface area (Å²) >= 11 is 18.8. The van der Waals surface area contributed by atoms with Gasteiger partial charge in [0.1, 0.15) is 6.54 Å². The van der Waals surface area contributed by atoms with Gasteiger partial charge in [0.2, 0.25) is 6.17 Å². The summed E-state index contributed by atoms with van der Waals surface area (Å²) in [5.41, 5.74) is 0. The van der Waals surface area contributed by atoms with Crippen molar-refractivity contribution < 1.29 is 14.8 Å². The minimum absolute atomic E-state index is 0.255. The van der Waals surface area contributed by atoms with Crippen LogP contribution in [0.1, 0.15) is 9.67 Å². The number of ether oxygens (including phenoxy) is 1. The molecule has 1 atom stereocenters. The zero-order valence-electron chi connectivity index (χ0n) is 9.66. The molecule has 0 aliphatic rings. The molecule has 1 amide bonds. The molecule has 0 unspecified atom stereocenters. The van der Waals surface area contributed by atoms with Crippen LogP contribution in [-0.4, -0.2) is 36.1 Å². The minimum atomic E-state index is -1.58. The summed E-state index contributed by atoms with van der Waals surface area (Å²) in [6.45, 7) is 1.09. The van der Waals surface area contributed by atoms with Crippen LogP contribution < -0.4 is 10.6 Å². The van der Waals surface area contributed by atoms with E-state index in [-0.39, 0.29) is 5.91 Å². The fourth-order valence-corrected chi connectivity index (χ4v) is 2.30. The molecule has 0 aliphatic heterocycles. The molecule has 0 bridgehead atoms. The number of amides is 1. The number of methoxy groups -OCH3 is 1. The lowest BCUT2D eigenvalue weighted by atomic mass is 10.4. The Bertz CT molecular complexity index is 368. The summed E-state index contributed by atoms with van der Waals surface area (Å²) in [6.07, 6.45) is -0.660. The predicted molar refractivity (Wildman–Crippen MR) is 74.5 cm³/mol. The van der Waals surface area contributed by atoms with Crippen molar-refractivity contribution in [1.29, 1.82) is 0 Å². The van der Waals surface area contributed by atoms with Gasteiger partial charge in [0.25, 0.3) is 9.70 Å². The Labute approximate surface area is 125 Å². The first-order chi connectivity index (χ1) is 8.45. The van der Waals surface area contributed by atoms with Gasteiger partial charge in [0, 0.05) is 7.11 Å². The molecule has 102 valence electrons. The number of rotatable bonds is 6. The Morgan fingerprint density at radius 1 is 1.61 bits per heavy atom. The van der Waals surface area contributed by atoms with Crippen molar-refractivity contribution in [2.45, 2.75) is 9.96 Å². The molecule has 0 saturated heterocycles. The van der Waals surface area contributed by atoms with Crippen molar-refractivity contribution in [3.05, 3.63) is 22.4 Å². The quantitative estimate of drug-likeness (QED) is 0.470. The highest BCUT2D eigenvalue weighted by atomic mass is 35.6. The van der Waals surface area contributed by atoms with Crippen LogP contribution in [0.3, 0.4) is 0 Å². The van der Waals surface area contributed by atoms with Crippen LogP contribution in [-0.2, 0) is 4.74 Å². The number of nitrogens with one attached hydrogen (secondary N) is 1. The van der Waals surface area contributed by atoms with Gasteiger partial charge in [-0.2, -0.15) is 0 Å². The largest absolute Gasteiger partial charge is 0.379 e. The van der Waals surface area contributed by atoms with Crippen LogP contribution in [0.15, 0.2) is 17.5 Å². The molecule has 1 aromatic heterocycles. The van der Waals surface area contributed by atoms with Crippen LogP contribution in [0.4, 0.5) is 0 Å². The summed E-state index contributed by atoms with van der Waals surface area (Å²) in [4.78, 5) is 12.4. The van der Waals surface area contributed by atoms with Gasteiger partial charge in [0.05, 0.1) is 11.5 Å². The van der Waals surface area contributed by atoms with Gasteiger partial charge in [-0.05, 0) is 11.4 Å². The van der Waals surface area contributed by atoms with Gasteiger partial charge in [-0.25, -0.2) is 0 Å². The average molecular weight is 333 g/mol. The average Bonchev–Trinajstić information content (AvgIpc) is 2.79. The minimum Gasteiger partial charge on any atom is -0.379 e. The summed E-state index contributed by atoms with van der Waals surface area (Å²) in [5, 5.41) is 6.22. The van der Waals surface area contributed by atoms with Crippen molar-refractivity contribution in [3.63, 3.8) is 0 Å². The number of quaternary nitrogens is 1. The number of carbonyl (C=O) groups excluding carboxylic acids is 1. The first kappa shape index (κ1) is 16.0. The molecule has 0 radical (unpaired) electrons. The van der Waals surface area contributed by atoms with Gasteiger partial charge in [-0.1, -0.05) is 40.9 Å². The van der Waals surface area contributed by atoms with Crippen LogP contribution in [0.5, 0.6) is 0 Å². The van der Waals surface area contributed by atoms with E-state index in [2.05, 4.69) is 5.32 Å². The van der Waals surface area contributed by atoms with E-state index in [0.29, 0.717) is 18.0 Å². The Morgan fingerprint density at radius 2 is 2.33 bits per heavy atom. The third-order valence-corrected chi connectivity index (χ3v) is 3.68. The molecule has 0 aromatic carbocycles. The van der Waals surface area contributed by atoms with Crippen LogP contribution in [0, 0.1) is 0 Å². The van der Waals surface area contributed by atoms with E-state index in [4.69, 9.17) is 39.5 Å². The van der Waals surface area contributed by atoms with Crippen LogP contribution in [0.2, 0.25) is 0 Å². The molecule has 0 spiro atoms. The molecular formula is C10H14Cl3N2O2S+. The summed E-state index contributed by atoms with van der Waals surface area (Å²) < 4.78 is 3.33. The third kappa shape index (κ3) is 5.30. The number of hydrogen-bond acceptors (Lipinski definition) is 3. The first-order valence-electron chi connectivity index (χ1n) is 5.18. The summed E-state index contributed by atoms with van der Waals surface area (Å²) in [6, 6.07) is 3.50. The van der Waals surface area contributed by atoms with Crippen molar-refractivity contribution in [3.8, 4) is 0 Å². The third-order valence-electron chi connectivity index (χ3n) is 2.11. The van der Waals surface area contributed by atoms with Gasteiger partial charge in [-0.3, -0.25) is 10.1 Å². The molecule has 1 aromatic rings. The second-order valence-electron chi connectivity index (χ2n) is 3.49. The maximum atomic E-state index is 11.9. The van der Waals surface area contributed by atoms with Crippen molar-refractivity contribution >= 4 is 52.0 Å². The number of hydrogen-bond donors (Lipinski definition) is 2. The predicted octanol–water partition coefficient (Wildman–Crippen LogP) is 1.38. The van der Waals surface area contributed by atoms with E-state index in [1.165, 1.54) is 11.3 Å². The molecule has 8 heteroatoms. The van der Waals surface area contributed by atoms with Crippen LogP contribution in [0.25, 0.3) is 0 Å². The van der Waals surface area contributed by atoms with E-state index in [9.17, 15) is 4.79 Å². The monoisotopic (exact) mass is 331 g/mol. The molecular weight excluding hydrogens is 319 g/mol. The van der Waals surface area contributed by atoms with Crippen molar-refractivity contribution in [2.75, 3.05) is 20.3 Å². The van der Waals surface area contributed by atoms with E-state index >= 15 is 0 Å². The lowest BCUT2D eigenvalue weighted by Gasteiger charge is -2.22. The molecule has 3 N–H and O–H groups in total. The zero-order chi connectivity index (χ0) is 13.6. The van der Waals surface area contributed by atoms with E-state index in [0.717, 1.165) is 0 Å². The Hall–Kier alpha value is -0.0400. The number of halogens is 3. The first-order valence-corrected chi connectivity index (χ1v) is 7.20. The highest BCUT2D eigenvalue weighted by Gasteiger charge is 2.37. The van der Waals surface area contributed by atoms with Gasteiger partial charge in [0.15, 0.2) is 0 Å². The van der Waals surface area contributed by atoms with Crippen molar-refractivity contribution in [1.82, 2.24) is 5.32 Å². The highest BCUT2D eigenvalue weighted by Crippen LogP contribution is 2.27. The zero-order valence-corrected chi connectivity index (χ0v) is 12.7. The fourth-order valence-electron chi connectivity index (χ4n) is 1.25. The molecule has 0 aliphatic carbocycles.